The average molecular weight is 641 g/mol. The first-order valence-corrected chi connectivity index (χ1v) is 15.3. The maximum atomic E-state index is 13.7. The standard InChI is InChI=1S/C34H40N8O5/c1-22-29(24-18-26(32(47-5)35-19-24)31(43)38-34(45)40(2)3)39-42(25-14-10-7-11-15-25)30(22)37-33(44)36-28-21-41(16-17-46-4)20-27(28)23-12-8-6-9-13-23/h6-15,18-19,27-28H,16-17,20-21H2,1-5H3,(H2,36,37,44)(H,38,43,45)/t27-,28+/m0/s1. The summed E-state index contributed by atoms with van der Waals surface area (Å²) in [5.74, 6) is -0.0563. The number of likely N-dealkylation sites (tertiary alicyclic amines) is 1. The molecule has 47 heavy (non-hydrogen) atoms. The Morgan fingerprint density at radius 1 is 1.00 bits per heavy atom. The number of carbonyl (C=O) groups is 3. The fourth-order valence-electron chi connectivity index (χ4n) is 5.64. The highest BCUT2D eigenvalue weighted by molar-refractivity contribution is 6.06. The van der Waals surface area contributed by atoms with Crippen molar-refractivity contribution in [2.45, 2.75) is 18.9 Å². The van der Waals surface area contributed by atoms with Crippen LogP contribution in [0.4, 0.5) is 15.4 Å². The number of nitrogens with one attached hydrogen (secondary N) is 3. The number of aromatic nitrogens is 3. The fraction of sp³-hybridized carbons (Fsp3) is 0.324. The van der Waals surface area contributed by atoms with E-state index in [0.29, 0.717) is 35.8 Å². The summed E-state index contributed by atoms with van der Waals surface area (Å²) < 4.78 is 12.3. The Hall–Kier alpha value is -5.27. The van der Waals surface area contributed by atoms with E-state index in [1.165, 1.54) is 32.3 Å². The van der Waals surface area contributed by atoms with E-state index in [1.807, 2.05) is 55.5 Å². The van der Waals surface area contributed by atoms with Gasteiger partial charge in [0.25, 0.3) is 5.91 Å². The second-order valence-electron chi connectivity index (χ2n) is 11.5. The number of hydrogen-bond donors (Lipinski definition) is 3. The summed E-state index contributed by atoms with van der Waals surface area (Å²) in [6, 6.07) is 20.1. The molecule has 0 radical (unpaired) electrons. The van der Waals surface area contributed by atoms with E-state index >= 15 is 0 Å². The first-order chi connectivity index (χ1) is 22.7. The number of rotatable bonds is 10. The molecule has 1 saturated heterocycles. The molecule has 246 valence electrons. The lowest BCUT2D eigenvalue weighted by Crippen LogP contribution is -2.42. The third kappa shape index (κ3) is 7.59. The number of anilines is 1. The van der Waals surface area contributed by atoms with Crippen LogP contribution in [0.5, 0.6) is 5.88 Å². The number of hydrogen-bond acceptors (Lipinski definition) is 8. The van der Waals surface area contributed by atoms with Crippen molar-refractivity contribution in [3.8, 4) is 22.8 Å². The van der Waals surface area contributed by atoms with E-state index in [9.17, 15) is 14.4 Å². The number of methoxy groups -OCH3 is 2. The molecule has 13 heteroatoms. The van der Waals surface area contributed by atoms with Gasteiger partial charge in [-0.05, 0) is 30.7 Å². The van der Waals surface area contributed by atoms with Crippen molar-refractivity contribution in [1.82, 2.24) is 35.2 Å². The number of para-hydroxylation sites is 1. The van der Waals surface area contributed by atoms with E-state index in [1.54, 1.807) is 17.9 Å². The van der Waals surface area contributed by atoms with Gasteiger partial charge < -0.3 is 19.7 Å². The van der Waals surface area contributed by atoms with Crippen LogP contribution in [0, 0.1) is 6.92 Å². The Morgan fingerprint density at radius 2 is 1.70 bits per heavy atom. The minimum absolute atomic E-state index is 0.0553. The van der Waals surface area contributed by atoms with Gasteiger partial charge >= 0.3 is 12.1 Å². The Morgan fingerprint density at radius 3 is 2.36 bits per heavy atom. The van der Waals surface area contributed by atoms with Gasteiger partial charge in [-0.1, -0.05) is 48.5 Å². The van der Waals surface area contributed by atoms with Gasteiger partial charge in [0.05, 0.1) is 31.1 Å². The summed E-state index contributed by atoms with van der Waals surface area (Å²) in [4.78, 5) is 46.8. The minimum atomic E-state index is -0.670. The van der Waals surface area contributed by atoms with E-state index in [2.05, 4.69) is 38.0 Å². The first-order valence-electron chi connectivity index (χ1n) is 15.3. The van der Waals surface area contributed by atoms with Crippen LogP contribution in [-0.4, -0.2) is 103 Å². The zero-order valence-electron chi connectivity index (χ0n) is 27.2. The van der Waals surface area contributed by atoms with Crippen LogP contribution >= 0.6 is 0 Å². The van der Waals surface area contributed by atoms with Crippen LogP contribution < -0.4 is 20.7 Å². The van der Waals surface area contributed by atoms with Crippen molar-refractivity contribution in [1.29, 1.82) is 0 Å². The molecule has 0 saturated carbocycles. The van der Waals surface area contributed by atoms with Crippen molar-refractivity contribution in [2.24, 2.45) is 0 Å². The second kappa shape index (κ2) is 14.9. The lowest BCUT2D eigenvalue weighted by atomic mass is 9.94. The maximum Gasteiger partial charge on any atom is 0.323 e. The van der Waals surface area contributed by atoms with E-state index in [-0.39, 0.29) is 29.4 Å². The highest BCUT2D eigenvalue weighted by Crippen LogP contribution is 2.33. The molecule has 5 rings (SSSR count). The van der Waals surface area contributed by atoms with Crippen molar-refractivity contribution in [3.05, 3.63) is 89.6 Å². The van der Waals surface area contributed by atoms with E-state index in [0.717, 1.165) is 24.3 Å². The number of ether oxygens (including phenoxy) is 2. The van der Waals surface area contributed by atoms with Crippen molar-refractivity contribution >= 4 is 23.8 Å². The largest absolute Gasteiger partial charge is 0.480 e. The molecule has 4 aromatic rings. The Bertz CT molecular complexity index is 1710. The lowest BCUT2D eigenvalue weighted by molar-refractivity contribution is 0.0953. The molecule has 0 bridgehead atoms. The maximum absolute atomic E-state index is 13.7. The van der Waals surface area contributed by atoms with Crippen LogP contribution in [-0.2, 0) is 4.74 Å². The van der Waals surface area contributed by atoms with Crippen molar-refractivity contribution in [2.75, 3.05) is 59.9 Å². The summed E-state index contributed by atoms with van der Waals surface area (Å²) in [6.45, 7) is 4.68. The van der Waals surface area contributed by atoms with E-state index in [4.69, 9.17) is 14.6 Å². The summed E-state index contributed by atoms with van der Waals surface area (Å²) in [5, 5.41) is 13.4. The third-order valence-electron chi connectivity index (χ3n) is 8.10. The number of amides is 5. The molecule has 0 spiro atoms. The fourth-order valence-corrected chi connectivity index (χ4v) is 5.64. The summed E-state index contributed by atoms with van der Waals surface area (Å²) in [7, 11) is 6.14. The monoisotopic (exact) mass is 640 g/mol. The molecule has 5 amide bonds. The first kappa shape index (κ1) is 33.1. The zero-order valence-corrected chi connectivity index (χ0v) is 27.2. The highest BCUT2D eigenvalue weighted by atomic mass is 16.5. The van der Waals surface area contributed by atoms with Crippen LogP contribution in [0.3, 0.4) is 0 Å². The van der Waals surface area contributed by atoms with Gasteiger partial charge in [0, 0.05) is 64.1 Å². The molecule has 2 aromatic carbocycles. The molecule has 3 N–H and O–H groups in total. The molecule has 0 aliphatic carbocycles. The van der Waals surface area contributed by atoms with Crippen LogP contribution in [0.15, 0.2) is 72.9 Å². The molecule has 1 aliphatic rings. The van der Waals surface area contributed by atoms with Gasteiger partial charge in [-0.15, -0.1) is 0 Å². The molecular weight excluding hydrogens is 600 g/mol. The zero-order chi connectivity index (χ0) is 33.5. The number of nitrogens with zero attached hydrogens (tertiary/aromatic N) is 5. The van der Waals surface area contributed by atoms with Crippen molar-refractivity contribution < 1.29 is 23.9 Å². The average Bonchev–Trinajstić information content (AvgIpc) is 3.63. The molecule has 1 fully saturated rings. The van der Waals surface area contributed by atoms with Gasteiger partial charge in [-0.25, -0.2) is 19.3 Å². The normalized spacial score (nSPS) is 16.0. The summed E-state index contributed by atoms with van der Waals surface area (Å²) in [5.41, 5.74) is 3.58. The molecule has 0 unspecified atom stereocenters. The van der Waals surface area contributed by atoms with Crippen molar-refractivity contribution in [3.63, 3.8) is 0 Å². The Balaban J connectivity index is 1.46. The van der Waals surface area contributed by atoms with Crippen LogP contribution in [0.1, 0.15) is 27.4 Å². The minimum Gasteiger partial charge on any atom is -0.480 e. The topological polar surface area (TPSA) is 143 Å². The number of imide groups is 1. The summed E-state index contributed by atoms with van der Waals surface area (Å²) >= 11 is 0. The number of benzene rings is 2. The van der Waals surface area contributed by atoms with Crippen LogP contribution in [0.2, 0.25) is 0 Å². The van der Waals surface area contributed by atoms with Crippen LogP contribution in [0.25, 0.3) is 16.9 Å². The van der Waals surface area contributed by atoms with Gasteiger partial charge in [0.1, 0.15) is 11.4 Å². The van der Waals surface area contributed by atoms with Gasteiger partial charge in [0.2, 0.25) is 5.88 Å². The third-order valence-corrected chi connectivity index (χ3v) is 8.10. The molecule has 13 nitrogen and oxygen atoms in total. The Labute approximate surface area is 273 Å². The Kier molecular flexibility index (Phi) is 10.5. The molecule has 2 atom stereocenters. The molecule has 3 heterocycles. The van der Waals surface area contributed by atoms with E-state index < -0.39 is 11.9 Å². The lowest BCUT2D eigenvalue weighted by Gasteiger charge is -2.21. The number of pyridine rings is 1. The van der Waals surface area contributed by atoms with Gasteiger partial charge in [0.15, 0.2) is 0 Å². The quantitative estimate of drug-likeness (QED) is 0.237. The molecule has 2 aromatic heterocycles. The smallest absolute Gasteiger partial charge is 0.323 e. The number of carbonyl (C=O) groups excluding carboxylic acids is 3. The molecular formula is C34H40N8O5. The predicted octanol–water partition coefficient (Wildman–Crippen LogP) is 3.90. The van der Waals surface area contributed by atoms with Gasteiger partial charge in [-0.3, -0.25) is 20.3 Å². The SMILES string of the molecule is COCCN1C[C@@H](NC(=O)Nc2c(C)c(-c3cnc(OC)c(C(=O)NC(=O)N(C)C)c3)nn2-c2ccccc2)[C@H](c2ccccc2)C1. The molecule has 1 aliphatic heterocycles. The summed E-state index contributed by atoms with van der Waals surface area (Å²) in [6.07, 6.45) is 1.54. The predicted molar refractivity (Wildman–Crippen MR) is 178 cm³/mol. The van der Waals surface area contributed by atoms with Gasteiger partial charge in [-0.2, -0.15) is 5.10 Å². The number of urea groups is 2. The highest BCUT2D eigenvalue weighted by Gasteiger charge is 2.35. The second-order valence-corrected chi connectivity index (χ2v) is 11.5.